The molecule has 0 radical (unpaired) electrons. The second-order valence-electron chi connectivity index (χ2n) is 3.75. The van der Waals surface area contributed by atoms with Crippen LogP contribution in [-0.4, -0.2) is 33.4 Å². The van der Waals surface area contributed by atoms with Crippen LogP contribution in [0.25, 0.3) is 0 Å². The van der Waals surface area contributed by atoms with Gasteiger partial charge in [-0.2, -0.15) is 13.2 Å². The van der Waals surface area contributed by atoms with Gasteiger partial charge in [0.25, 0.3) is 0 Å². The van der Waals surface area contributed by atoms with Crippen LogP contribution in [0.15, 0.2) is 12.1 Å². The number of alkyl halides is 3. The van der Waals surface area contributed by atoms with Crippen molar-refractivity contribution in [3.8, 4) is 11.5 Å². The minimum absolute atomic E-state index is 0.00776. The number of ether oxygens (including phenoxy) is 3. The molecule has 112 valence electrons. The lowest BCUT2D eigenvalue weighted by atomic mass is 10.1. The summed E-state index contributed by atoms with van der Waals surface area (Å²) < 4.78 is 51.7. The molecular formula is C12H14F3NO4. The molecule has 0 aromatic heterocycles. The molecule has 0 heterocycles. The molecule has 1 rings (SSSR count). The Morgan fingerprint density at radius 2 is 1.70 bits per heavy atom. The van der Waals surface area contributed by atoms with Crippen LogP contribution in [0.5, 0.6) is 11.5 Å². The lowest BCUT2D eigenvalue weighted by Gasteiger charge is -2.16. The summed E-state index contributed by atoms with van der Waals surface area (Å²) in [6.07, 6.45) is -4.97. The summed E-state index contributed by atoms with van der Waals surface area (Å²) in [6.45, 7) is 0.00776. The van der Waals surface area contributed by atoms with Gasteiger partial charge >= 0.3 is 12.1 Å². The third-order valence-corrected chi connectivity index (χ3v) is 2.41. The molecule has 0 unspecified atom stereocenters. The Morgan fingerprint density at radius 1 is 1.15 bits per heavy atom. The van der Waals surface area contributed by atoms with Crippen LogP contribution in [0.2, 0.25) is 0 Å². The average molecular weight is 293 g/mol. The zero-order valence-corrected chi connectivity index (χ0v) is 11.1. The van der Waals surface area contributed by atoms with E-state index in [1.807, 2.05) is 0 Å². The number of amides is 1. The molecule has 0 saturated carbocycles. The van der Waals surface area contributed by atoms with Crippen molar-refractivity contribution in [2.45, 2.75) is 12.8 Å². The van der Waals surface area contributed by atoms with Gasteiger partial charge in [0.2, 0.25) is 0 Å². The SMILES string of the molecule is COCc1cc(OC)c(OC)cc1NC(=O)C(F)(F)F. The average Bonchev–Trinajstić information content (AvgIpc) is 2.39. The molecule has 0 fully saturated rings. The molecule has 1 N–H and O–H groups in total. The molecule has 0 saturated heterocycles. The molecule has 20 heavy (non-hydrogen) atoms. The van der Waals surface area contributed by atoms with E-state index in [0.29, 0.717) is 11.3 Å². The summed E-state index contributed by atoms with van der Waals surface area (Å²) in [5.74, 6) is -1.54. The van der Waals surface area contributed by atoms with Gasteiger partial charge in [0.05, 0.1) is 26.5 Å². The van der Waals surface area contributed by atoms with Crippen molar-refractivity contribution >= 4 is 11.6 Å². The molecule has 1 aromatic rings. The van der Waals surface area contributed by atoms with Crippen LogP contribution in [0.3, 0.4) is 0 Å². The number of halogens is 3. The fourth-order valence-corrected chi connectivity index (χ4v) is 1.51. The van der Waals surface area contributed by atoms with Crippen molar-refractivity contribution in [3.05, 3.63) is 17.7 Å². The maximum Gasteiger partial charge on any atom is 0.471 e. The van der Waals surface area contributed by atoms with Gasteiger partial charge < -0.3 is 19.5 Å². The van der Waals surface area contributed by atoms with Crippen LogP contribution < -0.4 is 14.8 Å². The van der Waals surface area contributed by atoms with Crippen LogP contribution in [-0.2, 0) is 16.1 Å². The monoisotopic (exact) mass is 293 g/mol. The second-order valence-corrected chi connectivity index (χ2v) is 3.75. The van der Waals surface area contributed by atoms with E-state index in [4.69, 9.17) is 14.2 Å². The van der Waals surface area contributed by atoms with Gasteiger partial charge in [-0.25, -0.2) is 0 Å². The van der Waals surface area contributed by atoms with Gasteiger partial charge in [-0.15, -0.1) is 0 Å². The Hall–Kier alpha value is -1.96. The van der Waals surface area contributed by atoms with Crippen LogP contribution in [0, 0.1) is 0 Å². The molecule has 0 aliphatic carbocycles. The molecule has 0 aliphatic heterocycles. The smallest absolute Gasteiger partial charge is 0.471 e. The highest BCUT2D eigenvalue weighted by molar-refractivity contribution is 5.95. The number of rotatable bonds is 5. The summed E-state index contributed by atoms with van der Waals surface area (Å²) in [4.78, 5) is 11.0. The standard InChI is InChI=1S/C12H14F3NO4/c1-18-6-7-4-9(19-2)10(20-3)5-8(7)16-11(17)12(13,14)15/h4-5H,6H2,1-3H3,(H,16,17). The first-order valence-corrected chi connectivity index (χ1v) is 5.45. The molecule has 0 bridgehead atoms. The van der Waals surface area contributed by atoms with Crippen molar-refractivity contribution in [1.29, 1.82) is 0 Å². The van der Waals surface area contributed by atoms with E-state index in [-0.39, 0.29) is 18.0 Å². The highest BCUT2D eigenvalue weighted by Gasteiger charge is 2.39. The largest absolute Gasteiger partial charge is 0.493 e. The van der Waals surface area contributed by atoms with E-state index in [0.717, 1.165) is 0 Å². The normalized spacial score (nSPS) is 11.1. The Balaban J connectivity index is 3.18. The van der Waals surface area contributed by atoms with Crippen molar-refractivity contribution < 1.29 is 32.2 Å². The zero-order valence-electron chi connectivity index (χ0n) is 11.1. The van der Waals surface area contributed by atoms with Gasteiger partial charge in [0.15, 0.2) is 11.5 Å². The fourth-order valence-electron chi connectivity index (χ4n) is 1.51. The number of hydrogen-bond donors (Lipinski definition) is 1. The Labute approximate surface area is 113 Å². The van der Waals surface area contributed by atoms with Crippen LogP contribution in [0.4, 0.5) is 18.9 Å². The van der Waals surface area contributed by atoms with E-state index in [1.165, 1.54) is 33.5 Å². The second kappa shape index (κ2) is 6.47. The third-order valence-electron chi connectivity index (χ3n) is 2.41. The van der Waals surface area contributed by atoms with Gasteiger partial charge in [-0.3, -0.25) is 4.79 Å². The summed E-state index contributed by atoms with van der Waals surface area (Å²) in [7, 11) is 4.11. The number of benzene rings is 1. The van der Waals surface area contributed by atoms with E-state index in [9.17, 15) is 18.0 Å². The van der Waals surface area contributed by atoms with E-state index < -0.39 is 12.1 Å². The zero-order chi connectivity index (χ0) is 15.3. The number of nitrogens with one attached hydrogen (secondary N) is 1. The third kappa shape index (κ3) is 3.77. The van der Waals surface area contributed by atoms with Gasteiger partial charge in [-0.1, -0.05) is 0 Å². The van der Waals surface area contributed by atoms with E-state index >= 15 is 0 Å². The lowest BCUT2D eigenvalue weighted by Crippen LogP contribution is -2.30. The Kier molecular flexibility index (Phi) is 5.20. The molecule has 5 nitrogen and oxygen atoms in total. The van der Waals surface area contributed by atoms with E-state index in [1.54, 1.807) is 5.32 Å². The van der Waals surface area contributed by atoms with Crippen molar-refractivity contribution in [3.63, 3.8) is 0 Å². The molecule has 1 aromatic carbocycles. The minimum Gasteiger partial charge on any atom is -0.493 e. The van der Waals surface area contributed by atoms with Crippen LogP contribution in [0.1, 0.15) is 5.56 Å². The highest BCUT2D eigenvalue weighted by Crippen LogP contribution is 2.34. The number of hydrogen-bond acceptors (Lipinski definition) is 4. The molecule has 0 spiro atoms. The summed E-state index contributed by atoms with van der Waals surface area (Å²) in [6, 6.07) is 2.69. The minimum atomic E-state index is -4.97. The van der Waals surface area contributed by atoms with Gasteiger partial charge in [0, 0.05) is 18.7 Å². The number of methoxy groups -OCH3 is 3. The van der Waals surface area contributed by atoms with Crippen molar-refractivity contribution in [1.82, 2.24) is 0 Å². The predicted octanol–water partition coefficient (Wildman–Crippen LogP) is 2.35. The van der Waals surface area contributed by atoms with Crippen molar-refractivity contribution in [2.75, 3.05) is 26.6 Å². The van der Waals surface area contributed by atoms with Gasteiger partial charge in [0.1, 0.15) is 0 Å². The molecular weight excluding hydrogens is 279 g/mol. The van der Waals surface area contributed by atoms with E-state index in [2.05, 4.69) is 0 Å². The first kappa shape index (κ1) is 16.1. The maximum absolute atomic E-state index is 12.3. The first-order valence-electron chi connectivity index (χ1n) is 5.45. The topological polar surface area (TPSA) is 56.8 Å². The maximum atomic E-state index is 12.3. The summed E-state index contributed by atoms with van der Waals surface area (Å²) in [5.41, 5.74) is 0.287. The Bertz CT molecular complexity index is 488. The molecule has 0 atom stereocenters. The highest BCUT2D eigenvalue weighted by atomic mass is 19.4. The predicted molar refractivity (Wildman–Crippen MR) is 64.9 cm³/mol. The first-order chi connectivity index (χ1) is 9.33. The quantitative estimate of drug-likeness (QED) is 0.905. The van der Waals surface area contributed by atoms with Gasteiger partial charge in [-0.05, 0) is 6.07 Å². The number of carbonyl (C=O) groups excluding carboxylic acids is 1. The van der Waals surface area contributed by atoms with Crippen LogP contribution >= 0.6 is 0 Å². The lowest BCUT2D eigenvalue weighted by molar-refractivity contribution is -0.167. The number of anilines is 1. The molecule has 0 aliphatic rings. The summed E-state index contributed by atoms with van der Waals surface area (Å²) in [5, 5.41) is 1.78. The van der Waals surface area contributed by atoms with Crippen molar-refractivity contribution in [2.24, 2.45) is 0 Å². The number of carbonyl (C=O) groups is 1. The Morgan fingerprint density at radius 3 is 2.15 bits per heavy atom. The fraction of sp³-hybridized carbons (Fsp3) is 0.417. The summed E-state index contributed by atoms with van der Waals surface area (Å²) >= 11 is 0. The molecule has 8 heteroatoms. The molecule has 1 amide bonds.